The van der Waals surface area contributed by atoms with E-state index in [4.69, 9.17) is 29.7 Å². The van der Waals surface area contributed by atoms with Crippen molar-refractivity contribution in [2.24, 2.45) is 11.8 Å². The second kappa shape index (κ2) is 18.8. The number of hydrogen-bond donors (Lipinski definition) is 3. The molecule has 4 aromatic heterocycles. The number of ether oxygens (including phenoxy) is 2. The maximum absolute atomic E-state index is 13.2. The van der Waals surface area contributed by atoms with Crippen LogP contribution in [0.2, 0.25) is 0 Å². The summed E-state index contributed by atoms with van der Waals surface area (Å²) in [4.78, 5) is 32.8. The predicted octanol–water partition coefficient (Wildman–Crippen LogP) is 4.81. The van der Waals surface area contributed by atoms with E-state index in [1.807, 2.05) is 0 Å². The van der Waals surface area contributed by atoms with Crippen LogP contribution >= 0.6 is 0 Å². The van der Waals surface area contributed by atoms with Crippen molar-refractivity contribution in [3.05, 3.63) is 84.0 Å². The van der Waals surface area contributed by atoms with E-state index in [0.717, 1.165) is 111 Å². The first-order valence-electron chi connectivity index (χ1n) is 21.6. The largest absolute Gasteiger partial charge is 0.478 e. The van der Waals surface area contributed by atoms with Gasteiger partial charge in [0.2, 0.25) is 0 Å². The number of nitrogens with one attached hydrogen (secondary N) is 1. The molecule has 3 N–H and O–H groups in total. The Morgan fingerprint density at radius 2 is 1.11 bits per heavy atom. The van der Waals surface area contributed by atoms with Gasteiger partial charge in [-0.15, -0.1) is 0 Å². The fourth-order valence-electron chi connectivity index (χ4n) is 8.02. The van der Waals surface area contributed by atoms with E-state index in [1.54, 1.807) is 24.3 Å². The smallest absolute Gasteiger partial charge is 0.338 e. The zero-order valence-electron chi connectivity index (χ0n) is 37.5. The summed E-state index contributed by atoms with van der Waals surface area (Å²) >= 11 is 0. The lowest BCUT2D eigenvalue weighted by molar-refractivity contribution is 0.0610. The molecular weight excluding hydrogens is 879 g/mol. The average molecular weight is 936 g/mol. The lowest BCUT2D eigenvalue weighted by Gasteiger charge is -2.26. The normalized spacial score (nSPS) is 15.9. The Labute approximate surface area is 377 Å². The molecule has 2 aliphatic heterocycles. The molecule has 0 bridgehead atoms. The number of imidazole rings is 2. The first kappa shape index (κ1) is 47.5. The van der Waals surface area contributed by atoms with Gasteiger partial charge in [-0.2, -0.15) is 35.2 Å². The van der Waals surface area contributed by atoms with Crippen LogP contribution in [-0.2, 0) is 53.4 Å². The van der Waals surface area contributed by atoms with Gasteiger partial charge in [0.1, 0.15) is 11.6 Å². The number of nitrogens with zero attached hydrogens (tertiary/aromatic N) is 8. The zero-order valence-corrected chi connectivity index (χ0v) is 39.1. The topological polar surface area (TPSA) is 245 Å². The van der Waals surface area contributed by atoms with Gasteiger partial charge in [-0.05, 0) is 73.9 Å². The first-order valence-corrected chi connectivity index (χ1v) is 24.5. The van der Waals surface area contributed by atoms with Gasteiger partial charge in [0.15, 0.2) is 0 Å². The molecule has 8 rings (SSSR count). The van der Waals surface area contributed by atoms with Crippen LogP contribution in [0.5, 0.6) is 0 Å². The third-order valence-corrected chi connectivity index (χ3v) is 14.5. The number of aliphatic hydroxyl groups excluding tert-OH is 1. The Morgan fingerprint density at radius 3 is 1.49 bits per heavy atom. The number of fused-ring (bicyclic) bond motifs is 2. The van der Waals surface area contributed by atoms with Gasteiger partial charge < -0.3 is 34.1 Å². The second-order valence-electron chi connectivity index (χ2n) is 18.5. The Kier molecular flexibility index (Phi) is 13.7. The summed E-state index contributed by atoms with van der Waals surface area (Å²) in [6, 6.07) is 9.73. The van der Waals surface area contributed by atoms with E-state index < -0.39 is 31.9 Å². The number of carbonyl (C=O) groups is 2. The Hall–Kier alpha value is -5.48. The summed E-state index contributed by atoms with van der Waals surface area (Å²) < 4.78 is 69.2. The Balaban J connectivity index is 0.000000195. The van der Waals surface area contributed by atoms with Crippen molar-refractivity contribution in [1.29, 1.82) is 0 Å². The minimum Gasteiger partial charge on any atom is -0.478 e. The molecule has 2 saturated heterocycles. The van der Waals surface area contributed by atoms with Crippen LogP contribution in [0.3, 0.4) is 0 Å². The van der Waals surface area contributed by atoms with Gasteiger partial charge >= 0.3 is 5.97 Å². The molecule has 0 atom stereocenters. The predicted molar refractivity (Wildman–Crippen MR) is 240 cm³/mol. The van der Waals surface area contributed by atoms with Crippen molar-refractivity contribution in [1.82, 2.24) is 42.8 Å². The van der Waals surface area contributed by atoms with E-state index in [0.29, 0.717) is 27.0 Å². The number of rotatable bonds is 12. The maximum Gasteiger partial charge on any atom is 0.338 e. The van der Waals surface area contributed by atoms with Gasteiger partial charge in [0, 0.05) is 56.9 Å². The van der Waals surface area contributed by atoms with Crippen LogP contribution in [0.15, 0.2) is 71.0 Å². The Bertz CT molecular complexity index is 2910. The van der Waals surface area contributed by atoms with Gasteiger partial charge in [0.25, 0.3) is 26.0 Å². The third kappa shape index (κ3) is 10.3. The van der Waals surface area contributed by atoms with E-state index in [1.165, 1.54) is 18.3 Å². The zero-order chi connectivity index (χ0) is 46.9. The minimum absolute atomic E-state index is 0.0104. The number of amides is 1. The van der Waals surface area contributed by atoms with Crippen LogP contribution < -0.4 is 5.32 Å². The molecule has 0 saturated carbocycles. The standard InChI is InChI=1S/C23H31N5O5S.C21H26N4O5S/c1-23(2,3)22-26-19-12-18(4-5-20(19)27(22)14-16-6-10-33-11-7-16)34(31,32)28-15-17(13-25-28)21(30)24-8-9-29;1-21(2,3)20-23-17-10-16(31(28,29)25-13-15(11-22-25)19(26)27)4-5-18(17)24(20)12-14-6-8-30-9-7-14/h4-5,12-13,15-16,29H,6-11,14H2,1-3H3,(H,24,30);4-5,10-11,13-14H,6-9,12H2,1-3H3,(H,26,27). The van der Waals surface area contributed by atoms with E-state index in [2.05, 4.69) is 66.2 Å². The summed E-state index contributed by atoms with van der Waals surface area (Å²) in [5.41, 5.74) is 2.41. The van der Waals surface area contributed by atoms with E-state index >= 15 is 0 Å². The van der Waals surface area contributed by atoms with E-state index in [-0.39, 0.29) is 44.9 Å². The molecule has 350 valence electrons. The molecule has 6 heterocycles. The highest BCUT2D eigenvalue weighted by atomic mass is 32.2. The van der Waals surface area contributed by atoms with Crippen molar-refractivity contribution in [3.63, 3.8) is 0 Å². The molecule has 2 fully saturated rings. The van der Waals surface area contributed by atoms with Crippen LogP contribution in [0, 0.1) is 11.8 Å². The van der Waals surface area contributed by atoms with Crippen molar-refractivity contribution < 1.29 is 46.1 Å². The number of carbonyl (C=O) groups excluding carboxylic acids is 1. The number of carboxylic acids is 1. The summed E-state index contributed by atoms with van der Waals surface area (Å²) in [6.45, 7) is 17.1. The van der Waals surface area contributed by atoms with Crippen molar-refractivity contribution in [3.8, 4) is 0 Å². The molecule has 2 aliphatic rings. The number of aliphatic hydroxyl groups is 1. The van der Waals surface area contributed by atoms with E-state index in [9.17, 15) is 26.4 Å². The maximum atomic E-state index is 13.2. The monoisotopic (exact) mass is 935 g/mol. The molecule has 2 aromatic carbocycles. The molecule has 0 spiro atoms. The fourth-order valence-corrected chi connectivity index (χ4v) is 10.3. The lowest BCUT2D eigenvalue weighted by Crippen LogP contribution is -2.26. The van der Waals surface area contributed by atoms with Gasteiger partial charge in [-0.1, -0.05) is 41.5 Å². The number of hydrogen-bond acceptors (Lipinski definition) is 13. The van der Waals surface area contributed by atoms with Crippen molar-refractivity contribution >= 4 is 54.0 Å². The average Bonchev–Trinajstić information content (AvgIpc) is 4.09. The SMILES string of the molecule is CC(C)(C)c1nc2cc(S(=O)(=O)n3cc(C(=O)NCCO)cn3)ccc2n1CC1CCOCC1.CC(C)(C)c1nc2cc(S(=O)(=O)n3cc(C(=O)O)cn3)ccc2n1CC1CCOCC1. The van der Waals surface area contributed by atoms with Crippen LogP contribution in [0.25, 0.3) is 22.1 Å². The van der Waals surface area contributed by atoms with Crippen LogP contribution in [-0.4, -0.2) is 116 Å². The molecule has 1 amide bonds. The summed E-state index contributed by atoms with van der Waals surface area (Å²) in [7, 11) is -8.05. The highest BCUT2D eigenvalue weighted by molar-refractivity contribution is 7.90. The summed E-state index contributed by atoms with van der Waals surface area (Å²) in [5.74, 6) is 1.02. The number of benzene rings is 2. The number of aromatic nitrogens is 8. The molecule has 0 radical (unpaired) electrons. The summed E-state index contributed by atoms with van der Waals surface area (Å²) in [5, 5.41) is 28.0. The molecule has 65 heavy (non-hydrogen) atoms. The number of carboxylic acid groups (broad SMARTS) is 1. The molecule has 21 heteroatoms. The second-order valence-corrected chi connectivity index (χ2v) is 22.1. The lowest BCUT2D eigenvalue weighted by atomic mass is 9.94. The van der Waals surface area contributed by atoms with Gasteiger partial charge in [-0.3, -0.25) is 4.79 Å². The fraction of sp³-hybridized carbons (Fsp3) is 0.500. The minimum atomic E-state index is -4.03. The van der Waals surface area contributed by atoms with Gasteiger partial charge in [0.05, 0.1) is 74.4 Å². The molecule has 19 nitrogen and oxygen atoms in total. The van der Waals surface area contributed by atoms with Crippen molar-refractivity contribution in [2.75, 3.05) is 39.6 Å². The number of aromatic carboxylic acids is 1. The summed E-state index contributed by atoms with van der Waals surface area (Å²) in [6.07, 6.45) is 8.30. The van der Waals surface area contributed by atoms with Crippen LogP contribution in [0.4, 0.5) is 0 Å². The third-order valence-electron chi connectivity index (χ3n) is 11.5. The quantitative estimate of drug-likeness (QED) is 0.149. The van der Waals surface area contributed by atoms with Gasteiger partial charge in [-0.25, -0.2) is 14.8 Å². The molecular formula is C44H57N9O10S2. The molecule has 0 unspecified atom stereocenters. The highest BCUT2D eigenvalue weighted by Crippen LogP contribution is 2.33. The first-order chi connectivity index (χ1) is 30.7. The van der Waals surface area contributed by atoms with Crippen molar-refractivity contribution in [2.45, 2.75) is 101 Å². The van der Waals surface area contributed by atoms with Crippen LogP contribution in [0.1, 0.15) is 99.6 Å². The Morgan fingerprint density at radius 1 is 0.692 bits per heavy atom. The molecule has 0 aliphatic carbocycles. The highest BCUT2D eigenvalue weighted by Gasteiger charge is 2.29. The molecule has 6 aromatic rings.